The van der Waals surface area contributed by atoms with Crippen molar-refractivity contribution in [3.8, 4) is 0 Å². The fraction of sp³-hybridized carbons (Fsp3) is 1.00. The molecule has 0 aromatic carbocycles. The van der Waals surface area contributed by atoms with Gasteiger partial charge >= 0.3 is 0 Å². The summed E-state index contributed by atoms with van der Waals surface area (Å²) in [6, 6.07) is 0. The Morgan fingerprint density at radius 1 is 1.31 bits per heavy atom. The van der Waals surface area contributed by atoms with Gasteiger partial charge in [-0.05, 0) is 39.0 Å². The Hall–Kier alpha value is -0.0800. The number of ether oxygens (including phenoxy) is 1. The van der Waals surface area contributed by atoms with Crippen molar-refractivity contribution in [2.45, 2.75) is 58.2 Å². The Labute approximate surface area is 81.3 Å². The van der Waals surface area contributed by atoms with Crippen LogP contribution in [-0.4, -0.2) is 23.9 Å². The lowest BCUT2D eigenvalue weighted by Gasteiger charge is -2.17. The molecule has 2 atom stereocenters. The molecule has 1 aliphatic rings. The highest BCUT2D eigenvalue weighted by Gasteiger charge is 2.18. The van der Waals surface area contributed by atoms with Crippen molar-refractivity contribution >= 4 is 0 Å². The van der Waals surface area contributed by atoms with Gasteiger partial charge in [0.25, 0.3) is 0 Å². The molecule has 0 aromatic heterocycles. The third kappa shape index (κ3) is 4.63. The van der Waals surface area contributed by atoms with Crippen LogP contribution in [0.4, 0.5) is 0 Å². The second kappa shape index (κ2) is 5.61. The summed E-state index contributed by atoms with van der Waals surface area (Å²) in [5, 5.41) is 9.57. The first-order valence-electron chi connectivity index (χ1n) is 5.48. The minimum atomic E-state index is -0.0803. The molecule has 0 radical (unpaired) electrons. The van der Waals surface area contributed by atoms with Gasteiger partial charge in [-0.15, -0.1) is 0 Å². The first-order chi connectivity index (χ1) is 6.18. The molecule has 0 spiro atoms. The van der Waals surface area contributed by atoms with Crippen LogP contribution in [0.25, 0.3) is 0 Å². The van der Waals surface area contributed by atoms with E-state index in [1.165, 1.54) is 19.3 Å². The smallest absolute Gasteiger partial charge is 0.0543 e. The van der Waals surface area contributed by atoms with E-state index < -0.39 is 0 Å². The zero-order valence-corrected chi connectivity index (χ0v) is 8.83. The molecule has 0 aromatic rings. The zero-order valence-electron chi connectivity index (χ0n) is 8.83. The van der Waals surface area contributed by atoms with Crippen LogP contribution in [-0.2, 0) is 4.74 Å². The molecule has 2 heteroatoms. The minimum Gasteiger partial charge on any atom is -0.393 e. The molecule has 0 saturated heterocycles. The van der Waals surface area contributed by atoms with Crippen LogP contribution in [0.1, 0.15) is 46.0 Å². The second-order valence-corrected chi connectivity index (χ2v) is 4.42. The molecule has 0 aliphatic heterocycles. The molecule has 0 bridgehead atoms. The standard InChI is InChI=1S/C11H22O2/c1-9(2)13-8-10-5-3-4-6-11(12)7-10/h9-12H,3-8H2,1-2H3. The largest absolute Gasteiger partial charge is 0.393 e. The monoisotopic (exact) mass is 186 g/mol. The SMILES string of the molecule is CC(C)OCC1CCCCC(O)C1. The van der Waals surface area contributed by atoms with E-state index in [0.29, 0.717) is 12.0 Å². The van der Waals surface area contributed by atoms with E-state index in [-0.39, 0.29) is 6.10 Å². The highest BCUT2D eigenvalue weighted by atomic mass is 16.5. The van der Waals surface area contributed by atoms with Crippen LogP contribution in [0.2, 0.25) is 0 Å². The number of aliphatic hydroxyl groups is 1. The fourth-order valence-corrected chi connectivity index (χ4v) is 1.91. The fourth-order valence-electron chi connectivity index (χ4n) is 1.91. The topological polar surface area (TPSA) is 29.5 Å². The highest BCUT2D eigenvalue weighted by Crippen LogP contribution is 2.23. The molecular weight excluding hydrogens is 164 g/mol. The normalized spacial score (nSPS) is 30.5. The Balaban J connectivity index is 2.22. The summed E-state index contributed by atoms with van der Waals surface area (Å²) in [6.45, 7) is 4.95. The van der Waals surface area contributed by atoms with Crippen molar-refractivity contribution in [1.29, 1.82) is 0 Å². The van der Waals surface area contributed by atoms with Crippen molar-refractivity contribution in [3.05, 3.63) is 0 Å². The Bertz CT molecular complexity index is 134. The Morgan fingerprint density at radius 2 is 2.00 bits per heavy atom. The number of hydrogen-bond acceptors (Lipinski definition) is 2. The van der Waals surface area contributed by atoms with Crippen LogP contribution in [0.3, 0.4) is 0 Å². The molecule has 0 heterocycles. The van der Waals surface area contributed by atoms with Crippen LogP contribution < -0.4 is 0 Å². The summed E-state index contributed by atoms with van der Waals surface area (Å²) in [4.78, 5) is 0. The third-order valence-electron chi connectivity index (χ3n) is 2.67. The first-order valence-corrected chi connectivity index (χ1v) is 5.48. The molecule has 78 valence electrons. The molecule has 2 nitrogen and oxygen atoms in total. The molecule has 0 amide bonds. The van der Waals surface area contributed by atoms with Gasteiger partial charge in [-0.25, -0.2) is 0 Å². The summed E-state index contributed by atoms with van der Waals surface area (Å²) in [6.07, 6.45) is 5.82. The maximum absolute atomic E-state index is 9.57. The summed E-state index contributed by atoms with van der Waals surface area (Å²) in [5.41, 5.74) is 0. The number of hydrogen-bond donors (Lipinski definition) is 1. The first kappa shape index (κ1) is 11.0. The second-order valence-electron chi connectivity index (χ2n) is 4.42. The van der Waals surface area contributed by atoms with Crippen LogP contribution in [0.15, 0.2) is 0 Å². The third-order valence-corrected chi connectivity index (χ3v) is 2.67. The van der Waals surface area contributed by atoms with Crippen molar-refractivity contribution in [1.82, 2.24) is 0 Å². The van der Waals surface area contributed by atoms with E-state index in [4.69, 9.17) is 4.74 Å². The van der Waals surface area contributed by atoms with Crippen molar-refractivity contribution in [3.63, 3.8) is 0 Å². The average molecular weight is 186 g/mol. The minimum absolute atomic E-state index is 0.0803. The van der Waals surface area contributed by atoms with Gasteiger partial charge in [0, 0.05) is 6.61 Å². The van der Waals surface area contributed by atoms with E-state index in [9.17, 15) is 5.11 Å². The van der Waals surface area contributed by atoms with Crippen LogP contribution in [0, 0.1) is 5.92 Å². The predicted molar refractivity (Wildman–Crippen MR) is 53.7 cm³/mol. The summed E-state index contributed by atoms with van der Waals surface area (Å²) in [5.74, 6) is 0.583. The maximum Gasteiger partial charge on any atom is 0.0543 e. The van der Waals surface area contributed by atoms with E-state index >= 15 is 0 Å². The zero-order chi connectivity index (χ0) is 9.68. The van der Waals surface area contributed by atoms with Gasteiger partial charge in [-0.2, -0.15) is 0 Å². The van der Waals surface area contributed by atoms with Crippen LogP contribution in [0.5, 0.6) is 0 Å². The molecule has 13 heavy (non-hydrogen) atoms. The van der Waals surface area contributed by atoms with Gasteiger partial charge in [0.1, 0.15) is 0 Å². The van der Waals surface area contributed by atoms with Crippen molar-refractivity contribution in [2.24, 2.45) is 5.92 Å². The summed E-state index contributed by atoms with van der Waals surface area (Å²) in [7, 11) is 0. The van der Waals surface area contributed by atoms with Crippen molar-refractivity contribution < 1.29 is 9.84 Å². The lowest BCUT2D eigenvalue weighted by Crippen LogP contribution is -2.17. The van der Waals surface area contributed by atoms with E-state index in [0.717, 1.165) is 19.4 Å². The van der Waals surface area contributed by atoms with Gasteiger partial charge in [-0.3, -0.25) is 0 Å². The lowest BCUT2D eigenvalue weighted by atomic mass is 10.0. The van der Waals surface area contributed by atoms with Gasteiger partial charge < -0.3 is 9.84 Å². The molecule has 2 unspecified atom stereocenters. The summed E-state index contributed by atoms with van der Waals surface area (Å²) < 4.78 is 5.57. The van der Waals surface area contributed by atoms with Gasteiger partial charge in [0.05, 0.1) is 12.2 Å². The Kier molecular flexibility index (Phi) is 4.74. The molecule has 1 aliphatic carbocycles. The number of rotatable bonds is 3. The lowest BCUT2D eigenvalue weighted by molar-refractivity contribution is 0.0341. The molecule has 1 fully saturated rings. The molecule has 1 N–H and O–H groups in total. The Morgan fingerprint density at radius 3 is 2.69 bits per heavy atom. The van der Waals surface area contributed by atoms with E-state index in [1.807, 2.05) is 0 Å². The predicted octanol–water partition coefficient (Wildman–Crippen LogP) is 2.35. The van der Waals surface area contributed by atoms with E-state index in [1.54, 1.807) is 0 Å². The number of aliphatic hydroxyl groups excluding tert-OH is 1. The molecular formula is C11H22O2. The quantitative estimate of drug-likeness (QED) is 0.686. The van der Waals surface area contributed by atoms with Gasteiger partial charge in [0.2, 0.25) is 0 Å². The molecule has 1 saturated carbocycles. The average Bonchev–Trinajstić information content (AvgIpc) is 2.26. The highest BCUT2D eigenvalue weighted by molar-refractivity contribution is 4.70. The van der Waals surface area contributed by atoms with E-state index in [2.05, 4.69) is 13.8 Å². The van der Waals surface area contributed by atoms with Gasteiger partial charge in [0.15, 0.2) is 0 Å². The maximum atomic E-state index is 9.57. The van der Waals surface area contributed by atoms with Crippen molar-refractivity contribution in [2.75, 3.05) is 6.61 Å². The summed E-state index contributed by atoms with van der Waals surface area (Å²) >= 11 is 0. The van der Waals surface area contributed by atoms with Crippen LogP contribution >= 0.6 is 0 Å². The molecule has 1 rings (SSSR count). The van der Waals surface area contributed by atoms with Gasteiger partial charge in [-0.1, -0.05) is 12.8 Å².